The molecule has 1 nitrogen and oxygen atoms in total. The first-order valence-electron chi connectivity index (χ1n) is 8.23. The number of hydrogen-bond acceptors (Lipinski definition) is 1. The zero-order valence-electron chi connectivity index (χ0n) is 12.2. The molecule has 2 aliphatic carbocycles. The molecule has 0 amide bonds. The van der Waals surface area contributed by atoms with Gasteiger partial charge in [0.1, 0.15) is 0 Å². The van der Waals surface area contributed by atoms with Crippen molar-refractivity contribution in [1.29, 1.82) is 0 Å². The Labute approximate surface area is 127 Å². The molecule has 20 heavy (non-hydrogen) atoms. The van der Waals surface area contributed by atoms with Crippen molar-refractivity contribution in [3.63, 3.8) is 0 Å². The van der Waals surface area contributed by atoms with E-state index in [9.17, 15) is 0 Å². The van der Waals surface area contributed by atoms with Crippen molar-refractivity contribution in [3.05, 3.63) is 34.9 Å². The highest BCUT2D eigenvalue weighted by molar-refractivity contribution is 6.30. The van der Waals surface area contributed by atoms with E-state index in [2.05, 4.69) is 12.1 Å². The van der Waals surface area contributed by atoms with Crippen LogP contribution in [0.15, 0.2) is 24.3 Å². The molecular formula is C18H26ClN. The lowest BCUT2D eigenvalue weighted by Crippen LogP contribution is -2.31. The standard InChI is InChI=1S/C18H26ClN/c19-17-9-5-15(6-10-17)13-1-3-14(4-2-13)16-7-11-18(20)12-8-16/h5-6,9-10,13-14,16,18H,1-4,7-8,11-12,20H2. The Morgan fingerprint density at radius 1 is 0.750 bits per heavy atom. The van der Waals surface area contributed by atoms with Gasteiger partial charge >= 0.3 is 0 Å². The van der Waals surface area contributed by atoms with Crippen molar-refractivity contribution in [3.8, 4) is 0 Å². The van der Waals surface area contributed by atoms with Gasteiger partial charge in [-0.05, 0) is 86.8 Å². The summed E-state index contributed by atoms with van der Waals surface area (Å²) in [5, 5.41) is 0.848. The average molecular weight is 292 g/mol. The number of rotatable bonds is 2. The third kappa shape index (κ3) is 3.38. The van der Waals surface area contributed by atoms with Gasteiger partial charge in [-0.15, -0.1) is 0 Å². The summed E-state index contributed by atoms with van der Waals surface area (Å²) in [6.45, 7) is 0. The maximum atomic E-state index is 6.03. The molecule has 0 radical (unpaired) electrons. The molecule has 1 aromatic rings. The van der Waals surface area contributed by atoms with E-state index in [-0.39, 0.29) is 0 Å². The lowest BCUT2D eigenvalue weighted by Gasteiger charge is -2.37. The van der Waals surface area contributed by atoms with E-state index in [1.54, 1.807) is 0 Å². The molecule has 110 valence electrons. The molecule has 0 aliphatic heterocycles. The SMILES string of the molecule is NC1CCC(C2CCC(c3ccc(Cl)cc3)CC2)CC1. The van der Waals surface area contributed by atoms with Gasteiger partial charge in [-0.2, -0.15) is 0 Å². The Kier molecular flexibility index (Phi) is 4.68. The summed E-state index contributed by atoms with van der Waals surface area (Å²) in [7, 11) is 0. The second-order valence-electron chi connectivity index (χ2n) is 6.84. The third-order valence-corrected chi connectivity index (χ3v) is 5.85. The molecule has 0 heterocycles. The second-order valence-corrected chi connectivity index (χ2v) is 7.27. The van der Waals surface area contributed by atoms with Crippen LogP contribution in [0, 0.1) is 11.8 Å². The summed E-state index contributed by atoms with van der Waals surface area (Å²) in [5.41, 5.74) is 7.51. The van der Waals surface area contributed by atoms with Gasteiger partial charge in [0.25, 0.3) is 0 Å². The summed E-state index contributed by atoms with van der Waals surface area (Å²) in [4.78, 5) is 0. The van der Waals surface area contributed by atoms with Gasteiger partial charge in [-0.1, -0.05) is 23.7 Å². The molecule has 2 heteroatoms. The molecule has 2 aliphatic rings. The lowest BCUT2D eigenvalue weighted by atomic mass is 9.69. The lowest BCUT2D eigenvalue weighted by molar-refractivity contribution is 0.177. The van der Waals surface area contributed by atoms with Gasteiger partial charge in [0.05, 0.1) is 0 Å². The van der Waals surface area contributed by atoms with Crippen LogP contribution in [0.2, 0.25) is 5.02 Å². The summed E-state index contributed by atoms with van der Waals surface area (Å²) in [6, 6.07) is 8.98. The van der Waals surface area contributed by atoms with Gasteiger partial charge in [0, 0.05) is 11.1 Å². The number of halogens is 1. The predicted molar refractivity (Wildman–Crippen MR) is 86.1 cm³/mol. The molecule has 0 bridgehead atoms. The van der Waals surface area contributed by atoms with Crippen molar-refractivity contribution in [2.45, 2.75) is 63.3 Å². The van der Waals surface area contributed by atoms with Gasteiger partial charge < -0.3 is 5.73 Å². The maximum Gasteiger partial charge on any atom is 0.0406 e. The first kappa shape index (κ1) is 14.4. The number of hydrogen-bond donors (Lipinski definition) is 1. The Bertz CT molecular complexity index is 412. The largest absolute Gasteiger partial charge is 0.328 e. The molecule has 0 spiro atoms. The van der Waals surface area contributed by atoms with E-state index >= 15 is 0 Å². The van der Waals surface area contributed by atoms with Crippen LogP contribution in [0.3, 0.4) is 0 Å². The van der Waals surface area contributed by atoms with Crippen LogP contribution in [-0.2, 0) is 0 Å². The number of benzene rings is 1. The fraction of sp³-hybridized carbons (Fsp3) is 0.667. The summed E-state index contributed by atoms with van der Waals surface area (Å²) in [6.07, 6.45) is 10.8. The predicted octanol–water partition coefficient (Wildman–Crippen LogP) is 5.13. The van der Waals surface area contributed by atoms with E-state index < -0.39 is 0 Å². The van der Waals surface area contributed by atoms with E-state index in [1.807, 2.05) is 12.1 Å². The van der Waals surface area contributed by atoms with E-state index in [0.29, 0.717) is 6.04 Å². The topological polar surface area (TPSA) is 26.0 Å². The third-order valence-electron chi connectivity index (χ3n) is 5.60. The molecule has 3 rings (SSSR count). The first-order valence-corrected chi connectivity index (χ1v) is 8.61. The highest BCUT2D eigenvalue weighted by Crippen LogP contribution is 2.42. The molecular weight excluding hydrogens is 266 g/mol. The Morgan fingerprint density at radius 3 is 1.80 bits per heavy atom. The van der Waals surface area contributed by atoms with Crippen molar-refractivity contribution in [1.82, 2.24) is 0 Å². The summed E-state index contributed by atoms with van der Waals surface area (Å²) < 4.78 is 0. The van der Waals surface area contributed by atoms with Crippen LogP contribution in [0.5, 0.6) is 0 Å². The molecule has 1 aromatic carbocycles. The van der Waals surface area contributed by atoms with Crippen LogP contribution in [0.1, 0.15) is 62.8 Å². The molecule has 0 saturated heterocycles. The zero-order chi connectivity index (χ0) is 13.9. The fourth-order valence-corrected chi connectivity index (χ4v) is 4.40. The van der Waals surface area contributed by atoms with Crippen LogP contribution in [0.4, 0.5) is 0 Å². The zero-order valence-corrected chi connectivity index (χ0v) is 13.0. The summed E-state index contributed by atoms with van der Waals surface area (Å²) >= 11 is 5.98. The quantitative estimate of drug-likeness (QED) is 0.803. The number of nitrogens with two attached hydrogens (primary N) is 1. The van der Waals surface area contributed by atoms with Crippen LogP contribution in [0.25, 0.3) is 0 Å². The Hall–Kier alpha value is -0.530. The molecule has 0 atom stereocenters. The molecule has 2 saturated carbocycles. The monoisotopic (exact) mass is 291 g/mol. The minimum atomic E-state index is 0.483. The Morgan fingerprint density at radius 2 is 1.25 bits per heavy atom. The minimum absolute atomic E-state index is 0.483. The fourth-order valence-electron chi connectivity index (χ4n) is 4.28. The maximum absolute atomic E-state index is 6.03. The summed E-state index contributed by atoms with van der Waals surface area (Å²) in [5.74, 6) is 2.68. The van der Waals surface area contributed by atoms with Crippen LogP contribution < -0.4 is 5.73 Å². The Balaban J connectivity index is 1.53. The van der Waals surface area contributed by atoms with E-state index in [0.717, 1.165) is 22.8 Å². The van der Waals surface area contributed by atoms with Crippen molar-refractivity contribution >= 4 is 11.6 Å². The minimum Gasteiger partial charge on any atom is -0.328 e. The van der Waals surface area contributed by atoms with Crippen LogP contribution >= 0.6 is 11.6 Å². The molecule has 2 fully saturated rings. The van der Waals surface area contributed by atoms with E-state index in [4.69, 9.17) is 17.3 Å². The van der Waals surface area contributed by atoms with Crippen molar-refractivity contribution in [2.75, 3.05) is 0 Å². The van der Waals surface area contributed by atoms with Crippen LogP contribution in [-0.4, -0.2) is 6.04 Å². The molecule has 0 unspecified atom stereocenters. The smallest absolute Gasteiger partial charge is 0.0406 e. The highest BCUT2D eigenvalue weighted by Gasteiger charge is 2.30. The average Bonchev–Trinajstić information content (AvgIpc) is 2.49. The van der Waals surface area contributed by atoms with Gasteiger partial charge in [0.2, 0.25) is 0 Å². The molecule has 2 N–H and O–H groups in total. The van der Waals surface area contributed by atoms with Gasteiger partial charge in [0.15, 0.2) is 0 Å². The van der Waals surface area contributed by atoms with Gasteiger partial charge in [-0.25, -0.2) is 0 Å². The van der Waals surface area contributed by atoms with Gasteiger partial charge in [-0.3, -0.25) is 0 Å². The second kappa shape index (κ2) is 6.49. The molecule has 0 aromatic heterocycles. The first-order chi connectivity index (χ1) is 9.72. The van der Waals surface area contributed by atoms with E-state index in [1.165, 1.54) is 56.9 Å². The highest BCUT2D eigenvalue weighted by atomic mass is 35.5. The van der Waals surface area contributed by atoms with Crippen molar-refractivity contribution in [2.24, 2.45) is 17.6 Å². The normalized spacial score (nSPS) is 34.9. The van der Waals surface area contributed by atoms with Crippen molar-refractivity contribution < 1.29 is 0 Å².